The fraction of sp³-hybridized carbons (Fsp3) is 0.0714. The van der Waals surface area contributed by atoms with Gasteiger partial charge in [0.1, 0.15) is 5.82 Å². The van der Waals surface area contributed by atoms with Crippen LogP contribution in [0.4, 0.5) is 14.9 Å². The molecule has 1 N–H and O–H groups in total. The van der Waals surface area contributed by atoms with Gasteiger partial charge in [-0.15, -0.1) is 0 Å². The van der Waals surface area contributed by atoms with Crippen molar-refractivity contribution in [1.82, 2.24) is 0 Å². The number of aryl methyl sites for hydroxylation is 1. The third-order valence-electron chi connectivity index (χ3n) is 2.52. The van der Waals surface area contributed by atoms with E-state index in [4.69, 9.17) is 27.9 Å². The molecule has 0 fully saturated rings. The lowest BCUT2D eigenvalue weighted by molar-refractivity contribution is 0.215. The van der Waals surface area contributed by atoms with E-state index < -0.39 is 11.9 Å². The highest BCUT2D eigenvalue weighted by molar-refractivity contribution is 6.32. The molecule has 0 spiro atoms. The zero-order valence-electron chi connectivity index (χ0n) is 10.4. The highest BCUT2D eigenvalue weighted by Gasteiger charge is 2.10. The molecule has 0 atom stereocenters. The van der Waals surface area contributed by atoms with Crippen molar-refractivity contribution in [3.63, 3.8) is 0 Å². The SMILES string of the molecule is Cc1cc(Cl)ccc1NC(=O)Oc1ccc(F)cc1Cl. The smallest absolute Gasteiger partial charge is 0.408 e. The Hall–Kier alpha value is -1.78. The molecule has 6 heteroatoms. The fourth-order valence-electron chi connectivity index (χ4n) is 1.56. The molecule has 0 saturated heterocycles. The Balaban J connectivity index is 2.09. The van der Waals surface area contributed by atoms with E-state index in [0.717, 1.165) is 17.7 Å². The summed E-state index contributed by atoms with van der Waals surface area (Å²) in [4.78, 5) is 11.7. The van der Waals surface area contributed by atoms with Crippen LogP contribution in [0.25, 0.3) is 0 Å². The van der Waals surface area contributed by atoms with E-state index in [1.807, 2.05) is 0 Å². The summed E-state index contributed by atoms with van der Waals surface area (Å²) < 4.78 is 17.9. The van der Waals surface area contributed by atoms with E-state index in [9.17, 15) is 9.18 Å². The van der Waals surface area contributed by atoms with Crippen LogP contribution in [-0.4, -0.2) is 6.09 Å². The molecule has 104 valence electrons. The number of benzene rings is 2. The van der Waals surface area contributed by atoms with Crippen molar-refractivity contribution in [3.05, 3.63) is 57.8 Å². The lowest BCUT2D eigenvalue weighted by atomic mass is 10.2. The van der Waals surface area contributed by atoms with Crippen LogP contribution < -0.4 is 10.1 Å². The molecule has 0 saturated carbocycles. The number of carbonyl (C=O) groups is 1. The Morgan fingerprint density at radius 1 is 1.20 bits per heavy atom. The molecule has 0 aliphatic rings. The van der Waals surface area contributed by atoms with Crippen LogP contribution in [0, 0.1) is 12.7 Å². The Labute approximate surface area is 125 Å². The molecule has 0 aliphatic heterocycles. The summed E-state index contributed by atoms with van der Waals surface area (Å²) >= 11 is 11.6. The van der Waals surface area contributed by atoms with Gasteiger partial charge in [-0.1, -0.05) is 23.2 Å². The highest BCUT2D eigenvalue weighted by Crippen LogP contribution is 2.26. The second kappa shape index (κ2) is 6.11. The minimum atomic E-state index is -0.719. The molecule has 2 rings (SSSR count). The molecule has 0 heterocycles. The van der Waals surface area contributed by atoms with Gasteiger partial charge in [0.25, 0.3) is 0 Å². The van der Waals surface area contributed by atoms with Gasteiger partial charge in [-0.25, -0.2) is 9.18 Å². The number of halogens is 3. The molecule has 0 bridgehead atoms. The first-order valence-corrected chi connectivity index (χ1v) is 6.41. The number of amides is 1. The zero-order chi connectivity index (χ0) is 14.7. The number of anilines is 1. The van der Waals surface area contributed by atoms with E-state index in [1.54, 1.807) is 25.1 Å². The van der Waals surface area contributed by atoms with Gasteiger partial charge < -0.3 is 4.74 Å². The predicted molar refractivity (Wildman–Crippen MR) is 77.2 cm³/mol. The standard InChI is InChI=1S/C14H10Cl2FNO2/c1-8-6-9(15)2-4-12(8)18-14(19)20-13-5-3-10(17)7-11(13)16/h2-7H,1H3,(H,18,19). The molecule has 2 aromatic rings. The maximum absolute atomic E-state index is 12.9. The second-order valence-electron chi connectivity index (χ2n) is 4.05. The third kappa shape index (κ3) is 3.62. The van der Waals surface area contributed by atoms with Gasteiger partial charge in [0.15, 0.2) is 5.75 Å². The summed E-state index contributed by atoms with van der Waals surface area (Å²) in [6.45, 7) is 1.80. The van der Waals surface area contributed by atoms with E-state index in [2.05, 4.69) is 5.32 Å². The van der Waals surface area contributed by atoms with Crippen LogP contribution in [0.15, 0.2) is 36.4 Å². The fourth-order valence-corrected chi connectivity index (χ4v) is 1.99. The Kier molecular flexibility index (Phi) is 4.47. The lowest BCUT2D eigenvalue weighted by Gasteiger charge is -2.10. The summed E-state index contributed by atoms with van der Waals surface area (Å²) in [5.41, 5.74) is 1.36. The number of ether oxygens (including phenoxy) is 1. The van der Waals surface area contributed by atoms with Crippen LogP contribution in [0.5, 0.6) is 5.75 Å². The number of nitrogens with one attached hydrogen (secondary N) is 1. The number of hydrogen-bond acceptors (Lipinski definition) is 2. The van der Waals surface area contributed by atoms with E-state index in [-0.39, 0.29) is 10.8 Å². The minimum absolute atomic E-state index is 0.0213. The lowest BCUT2D eigenvalue weighted by Crippen LogP contribution is -2.17. The van der Waals surface area contributed by atoms with Crippen LogP contribution in [-0.2, 0) is 0 Å². The van der Waals surface area contributed by atoms with Crippen LogP contribution >= 0.6 is 23.2 Å². The van der Waals surface area contributed by atoms with Crippen molar-refractivity contribution in [2.45, 2.75) is 6.92 Å². The van der Waals surface area contributed by atoms with Crippen LogP contribution in [0.1, 0.15) is 5.56 Å². The van der Waals surface area contributed by atoms with Gasteiger partial charge in [-0.05, 0) is 48.9 Å². The molecular formula is C14H10Cl2FNO2. The minimum Gasteiger partial charge on any atom is -0.408 e. The first-order valence-electron chi connectivity index (χ1n) is 5.66. The summed E-state index contributed by atoms with van der Waals surface area (Å²) in [5, 5.41) is 3.15. The zero-order valence-corrected chi connectivity index (χ0v) is 11.9. The number of hydrogen-bond donors (Lipinski definition) is 1. The third-order valence-corrected chi connectivity index (χ3v) is 3.05. The summed E-state index contributed by atoms with van der Waals surface area (Å²) in [6.07, 6.45) is -0.719. The average molecular weight is 314 g/mol. The van der Waals surface area contributed by atoms with Crippen molar-refractivity contribution >= 4 is 35.0 Å². The molecule has 2 aromatic carbocycles. The van der Waals surface area contributed by atoms with E-state index in [0.29, 0.717) is 10.7 Å². The van der Waals surface area contributed by atoms with Crippen molar-refractivity contribution in [3.8, 4) is 5.75 Å². The molecule has 0 aromatic heterocycles. The largest absolute Gasteiger partial charge is 0.417 e. The van der Waals surface area contributed by atoms with Gasteiger partial charge in [0.2, 0.25) is 0 Å². The quantitative estimate of drug-likeness (QED) is 0.842. The number of rotatable bonds is 2. The second-order valence-corrected chi connectivity index (χ2v) is 4.89. The van der Waals surface area contributed by atoms with Crippen LogP contribution in [0.3, 0.4) is 0 Å². The Morgan fingerprint density at radius 2 is 1.95 bits per heavy atom. The summed E-state index contributed by atoms with van der Waals surface area (Å²) in [7, 11) is 0. The van der Waals surface area contributed by atoms with Gasteiger partial charge in [-0.3, -0.25) is 5.32 Å². The molecular weight excluding hydrogens is 304 g/mol. The normalized spacial score (nSPS) is 10.2. The molecule has 1 amide bonds. The van der Waals surface area contributed by atoms with E-state index >= 15 is 0 Å². The van der Waals surface area contributed by atoms with Crippen molar-refractivity contribution in [2.75, 3.05) is 5.32 Å². The topological polar surface area (TPSA) is 38.3 Å². The molecule has 0 aliphatic carbocycles. The number of carbonyl (C=O) groups excluding carboxylic acids is 1. The van der Waals surface area contributed by atoms with Gasteiger partial charge >= 0.3 is 6.09 Å². The molecule has 0 radical (unpaired) electrons. The Bertz CT molecular complexity index is 606. The van der Waals surface area contributed by atoms with Crippen LogP contribution in [0.2, 0.25) is 10.0 Å². The maximum atomic E-state index is 12.9. The van der Waals surface area contributed by atoms with Crippen molar-refractivity contribution < 1.29 is 13.9 Å². The average Bonchev–Trinajstić information content (AvgIpc) is 2.36. The summed E-state index contributed by atoms with van der Waals surface area (Å²) in [6, 6.07) is 8.52. The Morgan fingerprint density at radius 3 is 2.60 bits per heavy atom. The summed E-state index contributed by atoms with van der Waals surface area (Å²) in [5.74, 6) is -0.423. The molecule has 20 heavy (non-hydrogen) atoms. The first-order chi connectivity index (χ1) is 9.45. The maximum Gasteiger partial charge on any atom is 0.417 e. The van der Waals surface area contributed by atoms with Gasteiger partial charge in [-0.2, -0.15) is 0 Å². The highest BCUT2D eigenvalue weighted by atomic mass is 35.5. The van der Waals surface area contributed by atoms with Crippen molar-refractivity contribution in [1.29, 1.82) is 0 Å². The monoisotopic (exact) mass is 313 g/mol. The first kappa shape index (κ1) is 14.6. The van der Waals surface area contributed by atoms with E-state index in [1.165, 1.54) is 6.07 Å². The molecule has 3 nitrogen and oxygen atoms in total. The predicted octanol–water partition coefficient (Wildman–Crippen LogP) is 5.05. The van der Waals surface area contributed by atoms with Crippen molar-refractivity contribution in [2.24, 2.45) is 0 Å². The van der Waals surface area contributed by atoms with Gasteiger partial charge in [0, 0.05) is 10.7 Å². The molecule has 0 unspecified atom stereocenters. The van der Waals surface area contributed by atoms with Gasteiger partial charge in [0.05, 0.1) is 5.02 Å².